The van der Waals surface area contributed by atoms with Gasteiger partial charge in [-0.2, -0.15) is 0 Å². The van der Waals surface area contributed by atoms with Gasteiger partial charge in [-0.05, 0) is 24.3 Å². The van der Waals surface area contributed by atoms with E-state index in [1.54, 1.807) is 0 Å². The molecule has 120 valence electrons. The number of nitrogens with zero attached hydrogens (tertiary/aromatic N) is 3. The van der Waals surface area contributed by atoms with Crippen LogP contribution in [0.4, 0.5) is 0 Å². The molecule has 1 N–H and O–H groups in total. The number of amides is 1. The number of carbonyl (C=O) groups is 1. The van der Waals surface area contributed by atoms with E-state index in [1.165, 1.54) is 11.3 Å². The maximum atomic E-state index is 12.1. The standard InChI is InChI=1S/C17H14N4O2S/c22-15(9-12-11-24-17(19-12)21-7-3-4-8-21)18-10-16-20-13-5-1-2-6-14(13)23-16/h1-8,11H,9-10H2,(H,18,22). The maximum Gasteiger partial charge on any atom is 0.226 e. The van der Waals surface area contributed by atoms with Crippen molar-refractivity contribution in [3.63, 3.8) is 0 Å². The first-order chi connectivity index (χ1) is 11.8. The molecule has 6 nitrogen and oxygen atoms in total. The van der Waals surface area contributed by atoms with Crippen LogP contribution in [-0.2, 0) is 17.8 Å². The second kappa shape index (κ2) is 6.29. The number of nitrogens with one attached hydrogen (secondary N) is 1. The van der Waals surface area contributed by atoms with Crippen LogP contribution in [0.25, 0.3) is 16.2 Å². The van der Waals surface area contributed by atoms with Crippen molar-refractivity contribution in [1.82, 2.24) is 19.9 Å². The molecule has 0 atom stereocenters. The minimum atomic E-state index is -0.110. The van der Waals surface area contributed by atoms with Gasteiger partial charge >= 0.3 is 0 Å². The van der Waals surface area contributed by atoms with Crippen LogP contribution >= 0.6 is 11.3 Å². The number of carbonyl (C=O) groups excluding carboxylic acids is 1. The molecule has 1 amide bonds. The van der Waals surface area contributed by atoms with E-state index in [0.29, 0.717) is 5.89 Å². The van der Waals surface area contributed by atoms with E-state index in [4.69, 9.17) is 4.42 Å². The Bertz CT molecular complexity index is 938. The summed E-state index contributed by atoms with van der Waals surface area (Å²) in [5, 5.41) is 5.56. The Morgan fingerprint density at radius 1 is 1.17 bits per heavy atom. The van der Waals surface area contributed by atoms with Crippen LogP contribution in [0.1, 0.15) is 11.6 Å². The van der Waals surface area contributed by atoms with Crippen molar-refractivity contribution in [2.75, 3.05) is 0 Å². The lowest BCUT2D eigenvalue weighted by atomic mass is 10.3. The number of benzene rings is 1. The zero-order valence-corrected chi connectivity index (χ0v) is 13.5. The number of fused-ring (bicyclic) bond motifs is 1. The Balaban J connectivity index is 1.36. The number of rotatable bonds is 5. The van der Waals surface area contributed by atoms with E-state index in [0.717, 1.165) is 21.9 Å². The minimum Gasteiger partial charge on any atom is -0.439 e. The third-order valence-corrected chi connectivity index (χ3v) is 4.38. The average Bonchev–Trinajstić information content (AvgIpc) is 3.32. The zero-order chi connectivity index (χ0) is 16.4. The molecule has 0 fully saturated rings. The molecule has 3 aromatic heterocycles. The quantitative estimate of drug-likeness (QED) is 0.607. The Kier molecular flexibility index (Phi) is 3.84. The van der Waals surface area contributed by atoms with Gasteiger partial charge in [-0.3, -0.25) is 4.79 Å². The Labute approximate surface area is 141 Å². The van der Waals surface area contributed by atoms with Gasteiger partial charge in [0.2, 0.25) is 11.8 Å². The number of hydrogen-bond acceptors (Lipinski definition) is 5. The third-order valence-electron chi connectivity index (χ3n) is 3.48. The number of oxazole rings is 1. The minimum absolute atomic E-state index is 0.110. The smallest absolute Gasteiger partial charge is 0.226 e. The predicted octanol–water partition coefficient (Wildman–Crippen LogP) is 2.93. The van der Waals surface area contributed by atoms with Crippen molar-refractivity contribution in [2.45, 2.75) is 13.0 Å². The van der Waals surface area contributed by atoms with Crippen molar-refractivity contribution < 1.29 is 9.21 Å². The second-order valence-electron chi connectivity index (χ2n) is 5.24. The summed E-state index contributed by atoms with van der Waals surface area (Å²) in [6.45, 7) is 0.266. The third kappa shape index (κ3) is 3.07. The molecule has 24 heavy (non-hydrogen) atoms. The summed E-state index contributed by atoms with van der Waals surface area (Å²) in [6, 6.07) is 11.4. The normalized spacial score (nSPS) is 11.0. The van der Waals surface area contributed by atoms with Crippen LogP contribution in [0.5, 0.6) is 0 Å². The SMILES string of the molecule is O=C(Cc1csc(-n2cccc2)n1)NCc1nc2ccccc2o1. The molecule has 4 aromatic rings. The summed E-state index contributed by atoms with van der Waals surface area (Å²) >= 11 is 1.51. The first-order valence-corrected chi connectivity index (χ1v) is 8.35. The number of para-hydroxylation sites is 2. The summed E-state index contributed by atoms with van der Waals surface area (Å²) in [7, 11) is 0. The van der Waals surface area contributed by atoms with Crippen LogP contribution < -0.4 is 5.32 Å². The van der Waals surface area contributed by atoms with E-state index in [1.807, 2.05) is 58.7 Å². The molecule has 0 aliphatic rings. The zero-order valence-electron chi connectivity index (χ0n) is 12.7. The van der Waals surface area contributed by atoms with Gasteiger partial charge in [-0.15, -0.1) is 11.3 Å². The molecule has 4 rings (SSSR count). The summed E-state index contributed by atoms with van der Waals surface area (Å²) < 4.78 is 7.50. The number of hydrogen-bond donors (Lipinski definition) is 1. The predicted molar refractivity (Wildman–Crippen MR) is 91.0 cm³/mol. The molecule has 7 heteroatoms. The van der Waals surface area contributed by atoms with Crippen LogP contribution in [0.15, 0.2) is 58.6 Å². The molecule has 0 aliphatic carbocycles. The molecular weight excluding hydrogens is 324 g/mol. The van der Waals surface area contributed by atoms with Crippen molar-refractivity contribution >= 4 is 28.3 Å². The van der Waals surface area contributed by atoms with Gasteiger partial charge in [0.15, 0.2) is 10.7 Å². The van der Waals surface area contributed by atoms with E-state index in [-0.39, 0.29) is 18.9 Å². The molecular formula is C17H14N4O2S. The van der Waals surface area contributed by atoms with Gasteiger partial charge in [0, 0.05) is 17.8 Å². The fourth-order valence-electron chi connectivity index (χ4n) is 2.35. The van der Waals surface area contributed by atoms with Gasteiger partial charge in [0.25, 0.3) is 0 Å². The van der Waals surface area contributed by atoms with Gasteiger partial charge in [-0.1, -0.05) is 12.1 Å². The van der Waals surface area contributed by atoms with Crippen LogP contribution in [0.2, 0.25) is 0 Å². The van der Waals surface area contributed by atoms with Gasteiger partial charge < -0.3 is 14.3 Å². The molecule has 0 spiro atoms. The van der Waals surface area contributed by atoms with Gasteiger partial charge in [0.05, 0.1) is 18.7 Å². The highest BCUT2D eigenvalue weighted by atomic mass is 32.1. The van der Waals surface area contributed by atoms with Crippen LogP contribution in [0.3, 0.4) is 0 Å². The largest absolute Gasteiger partial charge is 0.439 e. The molecule has 3 heterocycles. The number of thiazole rings is 1. The van der Waals surface area contributed by atoms with E-state index in [9.17, 15) is 4.79 Å². The molecule has 0 radical (unpaired) electrons. The maximum absolute atomic E-state index is 12.1. The van der Waals surface area contributed by atoms with Crippen LogP contribution in [0, 0.1) is 0 Å². The summed E-state index contributed by atoms with van der Waals surface area (Å²) in [6.07, 6.45) is 4.09. The topological polar surface area (TPSA) is 73.0 Å². The highest BCUT2D eigenvalue weighted by molar-refractivity contribution is 7.12. The average molecular weight is 338 g/mol. The first kappa shape index (κ1) is 14.6. The highest BCUT2D eigenvalue weighted by Gasteiger charge is 2.10. The van der Waals surface area contributed by atoms with E-state index in [2.05, 4.69) is 15.3 Å². The highest BCUT2D eigenvalue weighted by Crippen LogP contribution is 2.16. The van der Waals surface area contributed by atoms with Gasteiger partial charge in [-0.25, -0.2) is 9.97 Å². The molecule has 0 aliphatic heterocycles. The lowest BCUT2D eigenvalue weighted by Crippen LogP contribution is -2.24. The molecule has 0 saturated heterocycles. The molecule has 0 unspecified atom stereocenters. The Morgan fingerprint density at radius 3 is 2.83 bits per heavy atom. The van der Waals surface area contributed by atoms with E-state index >= 15 is 0 Å². The molecule has 1 aromatic carbocycles. The fraction of sp³-hybridized carbons (Fsp3) is 0.118. The second-order valence-corrected chi connectivity index (χ2v) is 6.08. The number of aromatic nitrogens is 3. The van der Waals surface area contributed by atoms with Crippen molar-refractivity contribution in [1.29, 1.82) is 0 Å². The van der Waals surface area contributed by atoms with E-state index < -0.39 is 0 Å². The monoisotopic (exact) mass is 338 g/mol. The fourth-order valence-corrected chi connectivity index (χ4v) is 3.15. The van der Waals surface area contributed by atoms with Crippen molar-refractivity contribution in [3.05, 3.63) is 65.8 Å². The van der Waals surface area contributed by atoms with Gasteiger partial charge in [0.1, 0.15) is 5.52 Å². The first-order valence-electron chi connectivity index (χ1n) is 7.47. The molecule has 0 bridgehead atoms. The summed E-state index contributed by atoms with van der Waals surface area (Å²) in [5.74, 6) is 0.387. The molecule has 0 saturated carbocycles. The summed E-state index contributed by atoms with van der Waals surface area (Å²) in [4.78, 5) is 20.9. The Hall–Kier alpha value is -2.93. The lowest BCUT2D eigenvalue weighted by molar-refractivity contribution is -0.120. The van der Waals surface area contributed by atoms with Crippen molar-refractivity contribution in [2.24, 2.45) is 0 Å². The van der Waals surface area contributed by atoms with Crippen LogP contribution in [-0.4, -0.2) is 20.4 Å². The summed E-state index contributed by atoms with van der Waals surface area (Å²) in [5.41, 5.74) is 2.26. The Morgan fingerprint density at radius 2 is 2.00 bits per heavy atom. The lowest BCUT2D eigenvalue weighted by Gasteiger charge is -2.00. The van der Waals surface area contributed by atoms with Crippen molar-refractivity contribution in [3.8, 4) is 5.13 Å².